The van der Waals surface area contributed by atoms with Crippen molar-refractivity contribution in [3.63, 3.8) is 0 Å². The van der Waals surface area contributed by atoms with Crippen molar-refractivity contribution in [3.8, 4) is 0 Å². The van der Waals surface area contributed by atoms with Gasteiger partial charge in [-0.15, -0.1) is 0 Å². The van der Waals surface area contributed by atoms with Crippen LogP contribution in [0.5, 0.6) is 0 Å². The Kier molecular flexibility index (Phi) is 4.79. The maximum Gasteiger partial charge on any atom is 0.357 e. The molecule has 1 aromatic rings. The van der Waals surface area contributed by atoms with E-state index in [1.807, 2.05) is 24.3 Å². The zero-order chi connectivity index (χ0) is 22.5. The number of likely N-dealkylation sites (tertiary alicyclic amines) is 1. The standard InChI is InChI=1S/C21H21N3O7/c1-10(25)24-13(17(26)29-2)9-21-11-7-5-6-8-12(11)22-16(21)14(18(27)30-3)15(19(28)31-4)23-20(21)24/h5-8,13,16,22H,9H2,1-4H3/t13-,16-,21-/m0/s1. The largest absolute Gasteiger partial charge is 0.467 e. The first-order valence-corrected chi connectivity index (χ1v) is 9.55. The van der Waals surface area contributed by atoms with Crippen molar-refractivity contribution in [2.45, 2.75) is 30.8 Å². The Morgan fingerprint density at radius 3 is 2.35 bits per heavy atom. The summed E-state index contributed by atoms with van der Waals surface area (Å²) in [5, 5.41) is 3.27. The first-order valence-electron chi connectivity index (χ1n) is 9.55. The molecule has 1 aromatic carbocycles. The lowest BCUT2D eigenvalue weighted by molar-refractivity contribution is -0.148. The first kappa shape index (κ1) is 20.6. The number of hydrogen-bond donors (Lipinski definition) is 1. The van der Waals surface area contributed by atoms with E-state index in [2.05, 4.69) is 10.3 Å². The Hall–Kier alpha value is -3.69. The zero-order valence-electron chi connectivity index (χ0n) is 17.4. The molecule has 1 amide bonds. The van der Waals surface area contributed by atoms with Crippen molar-refractivity contribution in [1.82, 2.24) is 4.90 Å². The molecule has 0 saturated carbocycles. The van der Waals surface area contributed by atoms with Gasteiger partial charge in [-0.05, 0) is 18.1 Å². The highest BCUT2D eigenvalue weighted by atomic mass is 16.5. The van der Waals surface area contributed by atoms with Crippen LogP contribution in [0.15, 0.2) is 40.5 Å². The fourth-order valence-corrected chi connectivity index (χ4v) is 4.80. The molecule has 31 heavy (non-hydrogen) atoms. The molecule has 3 aliphatic heterocycles. The number of nitrogens with zero attached hydrogens (tertiary/aromatic N) is 2. The minimum absolute atomic E-state index is 0.0247. The number of amidine groups is 1. The molecule has 1 saturated heterocycles. The number of amides is 1. The van der Waals surface area contributed by atoms with Gasteiger partial charge in [0.15, 0.2) is 5.70 Å². The van der Waals surface area contributed by atoms with Crippen molar-refractivity contribution >= 4 is 35.3 Å². The van der Waals surface area contributed by atoms with Crippen LogP contribution in [0.1, 0.15) is 18.9 Å². The topological polar surface area (TPSA) is 124 Å². The number of fused-ring (bicyclic) bond motifs is 1. The number of carbonyl (C=O) groups excluding carboxylic acids is 4. The van der Waals surface area contributed by atoms with Crippen molar-refractivity contribution in [2.75, 3.05) is 26.6 Å². The van der Waals surface area contributed by atoms with Crippen molar-refractivity contribution in [2.24, 2.45) is 4.99 Å². The quantitative estimate of drug-likeness (QED) is 0.547. The SMILES string of the molecule is COC(=O)C1=C(C(=O)OC)[C@@H]2Nc3ccccc3[C@@]23C[C@@H](C(=O)OC)N(C(C)=O)C3=N1. The number of rotatable bonds is 3. The third kappa shape index (κ3) is 2.67. The van der Waals surface area contributed by atoms with E-state index in [1.54, 1.807) is 0 Å². The van der Waals surface area contributed by atoms with E-state index < -0.39 is 41.3 Å². The molecule has 3 atom stereocenters. The number of ether oxygens (including phenoxy) is 3. The normalized spacial score (nSPS) is 25.5. The number of methoxy groups -OCH3 is 3. The Morgan fingerprint density at radius 1 is 1.06 bits per heavy atom. The van der Waals surface area contributed by atoms with E-state index in [4.69, 9.17) is 14.2 Å². The maximum atomic E-state index is 12.8. The molecule has 0 aliphatic carbocycles. The van der Waals surface area contributed by atoms with E-state index in [0.717, 1.165) is 12.7 Å². The van der Waals surface area contributed by atoms with Crippen molar-refractivity contribution in [1.29, 1.82) is 0 Å². The lowest BCUT2D eigenvalue weighted by Crippen LogP contribution is -2.52. The van der Waals surface area contributed by atoms with Gasteiger partial charge in [-0.1, -0.05) is 18.2 Å². The summed E-state index contributed by atoms with van der Waals surface area (Å²) in [5.74, 6) is -2.50. The van der Waals surface area contributed by atoms with Crippen LogP contribution in [0.4, 0.5) is 5.69 Å². The molecule has 1 spiro atoms. The molecule has 3 aliphatic rings. The van der Waals surface area contributed by atoms with Gasteiger partial charge in [0, 0.05) is 12.6 Å². The van der Waals surface area contributed by atoms with Crippen molar-refractivity contribution in [3.05, 3.63) is 41.1 Å². The second-order valence-electron chi connectivity index (χ2n) is 7.41. The smallest absolute Gasteiger partial charge is 0.357 e. The van der Waals surface area contributed by atoms with Crippen LogP contribution in [0, 0.1) is 0 Å². The molecule has 3 heterocycles. The van der Waals surface area contributed by atoms with Crippen LogP contribution < -0.4 is 5.32 Å². The Labute approximate surface area is 177 Å². The molecule has 0 unspecified atom stereocenters. The number of anilines is 1. The van der Waals surface area contributed by atoms with E-state index in [0.29, 0.717) is 5.69 Å². The average Bonchev–Trinajstić information content (AvgIpc) is 3.30. The van der Waals surface area contributed by atoms with E-state index >= 15 is 0 Å². The summed E-state index contributed by atoms with van der Waals surface area (Å²) >= 11 is 0. The highest BCUT2D eigenvalue weighted by Gasteiger charge is 2.65. The number of carbonyl (C=O) groups is 4. The van der Waals surface area contributed by atoms with Crippen LogP contribution in [0.3, 0.4) is 0 Å². The minimum atomic E-state index is -1.07. The van der Waals surface area contributed by atoms with Crippen molar-refractivity contribution < 1.29 is 33.4 Å². The predicted molar refractivity (Wildman–Crippen MR) is 107 cm³/mol. The molecule has 4 rings (SSSR count). The summed E-state index contributed by atoms with van der Waals surface area (Å²) in [5.41, 5.74) is 0.0798. The highest BCUT2D eigenvalue weighted by Crippen LogP contribution is 2.55. The number of aliphatic imine (C=N–C) groups is 1. The van der Waals surface area contributed by atoms with Gasteiger partial charge in [-0.2, -0.15) is 0 Å². The van der Waals surface area contributed by atoms with Gasteiger partial charge in [0.05, 0.1) is 38.4 Å². The lowest BCUT2D eigenvalue weighted by Gasteiger charge is -2.36. The summed E-state index contributed by atoms with van der Waals surface area (Å²) in [4.78, 5) is 56.3. The van der Waals surface area contributed by atoms with Gasteiger partial charge >= 0.3 is 17.9 Å². The third-order valence-corrected chi connectivity index (χ3v) is 6.01. The number of para-hydroxylation sites is 1. The monoisotopic (exact) mass is 427 g/mol. The van der Waals surface area contributed by atoms with Gasteiger partial charge in [0.25, 0.3) is 0 Å². The average molecular weight is 427 g/mol. The molecular formula is C21H21N3O7. The second kappa shape index (κ2) is 7.22. The molecule has 10 heteroatoms. The molecule has 10 nitrogen and oxygen atoms in total. The fourth-order valence-electron chi connectivity index (χ4n) is 4.80. The summed E-state index contributed by atoms with van der Waals surface area (Å²) in [6.45, 7) is 1.30. The van der Waals surface area contributed by atoms with Gasteiger partial charge in [0.1, 0.15) is 11.9 Å². The third-order valence-electron chi connectivity index (χ3n) is 6.01. The zero-order valence-corrected chi connectivity index (χ0v) is 17.4. The molecular weight excluding hydrogens is 406 g/mol. The summed E-state index contributed by atoms with van der Waals surface area (Å²) in [7, 11) is 3.60. The van der Waals surface area contributed by atoms with Crippen LogP contribution in [0.25, 0.3) is 0 Å². The Morgan fingerprint density at radius 2 is 1.74 bits per heavy atom. The minimum Gasteiger partial charge on any atom is -0.467 e. The number of esters is 3. The summed E-state index contributed by atoms with van der Waals surface area (Å²) in [6, 6.07) is 5.50. The molecule has 162 valence electrons. The predicted octanol–water partition coefficient (Wildman–Crippen LogP) is 0.524. The first-order chi connectivity index (χ1) is 14.8. The fraction of sp³-hybridized carbons (Fsp3) is 0.381. The van der Waals surface area contributed by atoms with Gasteiger partial charge in [-0.3, -0.25) is 9.69 Å². The lowest BCUT2D eigenvalue weighted by atomic mass is 9.69. The number of nitrogens with one attached hydrogen (secondary N) is 1. The van der Waals surface area contributed by atoms with Gasteiger partial charge < -0.3 is 19.5 Å². The van der Waals surface area contributed by atoms with Gasteiger partial charge in [0.2, 0.25) is 5.91 Å². The summed E-state index contributed by atoms with van der Waals surface area (Å²) in [6.07, 6.45) is 0.113. The highest BCUT2D eigenvalue weighted by molar-refractivity contribution is 6.17. The number of hydrogen-bond acceptors (Lipinski definition) is 9. The molecule has 0 aromatic heterocycles. The van der Waals surface area contributed by atoms with E-state index in [-0.39, 0.29) is 23.5 Å². The summed E-state index contributed by atoms with van der Waals surface area (Å²) < 4.78 is 14.7. The van der Waals surface area contributed by atoms with Gasteiger partial charge in [-0.25, -0.2) is 19.4 Å². The van der Waals surface area contributed by atoms with Crippen LogP contribution in [-0.4, -0.2) is 68.0 Å². The van der Waals surface area contributed by atoms with Crippen LogP contribution in [-0.2, 0) is 38.8 Å². The second-order valence-corrected chi connectivity index (χ2v) is 7.41. The Bertz CT molecular complexity index is 1080. The molecule has 0 radical (unpaired) electrons. The van der Waals surface area contributed by atoms with Crippen LogP contribution in [0.2, 0.25) is 0 Å². The molecule has 0 bridgehead atoms. The Balaban J connectivity index is 2.05. The number of benzene rings is 1. The molecule has 1 fully saturated rings. The van der Waals surface area contributed by atoms with Crippen LogP contribution >= 0.6 is 0 Å². The van der Waals surface area contributed by atoms with E-state index in [1.165, 1.54) is 26.0 Å². The molecule has 1 N–H and O–H groups in total. The maximum absolute atomic E-state index is 12.8. The van der Waals surface area contributed by atoms with E-state index in [9.17, 15) is 19.2 Å².